The second-order valence-electron chi connectivity index (χ2n) is 5.63. The molecule has 0 spiro atoms. The number of benzene rings is 1. The van der Waals surface area contributed by atoms with Crippen molar-refractivity contribution in [1.29, 1.82) is 0 Å². The number of amides is 1. The van der Waals surface area contributed by atoms with Gasteiger partial charge in [0.2, 0.25) is 5.91 Å². The number of ether oxygens (including phenoxy) is 1. The summed E-state index contributed by atoms with van der Waals surface area (Å²) in [7, 11) is 0. The molecule has 0 saturated carbocycles. The van der Waals surface area contributed by atoms with Gasteiger partial charge in [-0.05, 0) is 30.7 Å². The maximum Gasteiger partial charge on any atom is 0.248 e. The summed E-state index contributed by atoms with van der Waals surface area (Å²) in [5.74, 6) is 0.841. The summed E-state index contributed by atoms with van der Waals surface area (Å²) in [5.41, 5.74) is 3.11. The molecule has 3 aromatic rings. The summed E-state index contributed by atoms with van der Waals surface area (Å²) in [5, 5.41) is 5.42. The second-order valence-corrected chi connectivity index (χ2v) is 6.49. The Hall–Kier alpha value is -2.67. The zero-order valence-electron chi connectivity index (χ0n) is 13.1. The van der Waals surface area contributed by atoms with Crippen molar-refractivity contribution < 1.29 is 9.53 Å². The van der Waals surface area contributed by atoms with Crippen LogP contribution in [0.3, 0.4) is 0 Å². The van der Waals surface area contributed by atoms with Crippen molar-refractivity contribution in [3.63, 3.8) is 0 Å². The first-order chi connectivity index (χ1) is 11.7. The highest BCUT2D eigenvalue weighted by Crippen LogP contribution is 2.32. The van der Waals surface area contributed by atoms with E-state index >= 15 is 0 Å². The molecule has 1 unspecified atom stereocenters. The Morgan fingerprint density at radius 2 is 2.38 bits per heavy atom. The van der Waals surface area contributed by atoms with Crippen molar-refractivity contribution in [3.05, 3.63) is 47.9 Å². The number of thiazole rings is 1. The minimum atomic E-state index is -0.336. The molecule has 0 radical (unpaired) electrons. The molecule has 0 fully saturated rings. The average Bonchev–Trinajstić information content (AvgIpc) is 3.34. The van der Waals surface area contributed by atoms with E-state index in [2.05, 4.69) is 21.4 Å². The van der Waals surface area contributed by atoms with Gasteiger partial charge in [-0.15, -0.1) is 11.3 Å². The predicted octanol–water partition coefficient (Wildman–Crippen LogP) is 3.14. The molecule has 1 atom stereocenters. The fraction of sp³-hybridized carbons (Fsp3) is 0.235. The molecule has 4 rings (SSSR count). The summed E-state index contributed by atoms with van der Waals surface area (Å²) >= 11 is 1.42. The Balaban J connectivity index is 1.50. The van der Waals surface area contributed by atoms with E-state index in [1.807, 2.05) is 24.4 Å². The van der Waals surface area contributed by atoms with Crippen molar-refractivity contribution >= 4 is 22.4 Å². The molecular formula is C17H16N4O2S. The fourth-order valence-electron chi connectivity index (χ4n) is 2.65. The minimum absolute atomic E-state index is 0.115. The third kappa shape index (κ3) is 2.78. The van der Waals surface area contributed by atoms with Gasteiger partial charge in [-0.3, -0.25) is 4.79 Å². The van der Waals surface area contributed by atoms with Crippen LogP contribution in [0.15, 0.2) is 42.3 Å². The zero-order chi connectivity index (χ0) is 16.5. The van der Waals surface area contributed by atoms with E-state index in [9.17, 15) is 4.79 Å². The number of carbonyl (C=O) groups is 1. The average molecular weight is 340 g/mol. The molecule has 0 saturated heterocycles. The van der Waals surface area contributed by atoms with Crippen LogP contribution in [0.25, 0.3) is 11.3 Å². The first kappa shape index (κ1) is 14.9. The van der Waals surface area contributed by atoms with Gasteiger partial charge in [-0.2, -0.15) is 0 Å². The zero-order valence-corrected chi connectivity index (χ0v) is 13.9. The van der Waals surface area contributed by atoms with E-state index in [4.69, 9.17) is 4.74 Å². The minimum Gasteiger partial charge on any atom is -0.493 e. The summed E-state index contributed by atoms with van der Waals surface area (Å²) in [6, 6.07) is 5.75. The topological polar surface area (TPSA) is 69.0 Å². The van der Waals surface area contributed by atoms with Crippen molar-refractivity contribution in [3.8, 4) is 17.0 Å². The number of nitrogens with zero attached hydrogens (tertiary/aromatic N) is 3. The van der Waals surface area contributed by atoms with Gasteiger partial charge < -0.3 is 14.6 Å². The fourth-order valence-corrected chi connectivity index (χ4v) is 3.38. The largest absolute Gasteiger partial charge is 0.493 e. The van der Waals surface area contributed by atoms with E-state index in [1.54, 1.807) is 23.3 Å². The number of fused-ring (bicyclic) bond motifs is 1. The van der Waals surface area contributed by atoms with Crippen LogP contribution in [0.4, 0.5) is 5.13 Å². The molecule has 1 aliphatic rings. The van der Waals surface area contributed by atoms with Crippen LogP contribution in [-0.2, 0) is 11.2 Å². The lowest BCUT2D eigenvalue weighted by molar-refractivity contribution is -0.118. The Morgan fingerprint density at radius 3 is 3.21 bits per heavy atom. The van der Waals surface area contributed by atoms with Gasteiger partial charge in [-0.25, -0.2) is 9.97 Å². The van der Waals surface area contributed by atoms with Crippen LogP contribution in [0.1, 0.15) is 18.5 Å². The molecule has 122 valence electrons. The van der Waals surface area contributed by atoms with E-state index in [0.717, 1.165) is 30.0 Å². The van der Waals surface area contributed by atoms with E-state index in [1.165, 1.54) is 16.9 Å². The van der Waals surface area contributed by atoms with Gasteiger partial charge >= 0.3 is 0 Å². The molecule has 3 heterocycles. The third-order valence-corrected chi connectivity index (χ3v) is 4.83. The normalized spacial score (nSPS) is 14.0. The summed E-state index contributed by atoms with van der Waals surface area (Å²) in [4.78, 5) is 20.8. The van der Waals surface area contributed by atoms with Crippen LogP contribution in [0.2, 0.25) is 0 Å². The summed E-state index contributed by atoms with van der Waals surface area (Å²) < 4.78 is 7.28. The summed E-state index contributed by atoms with van der Waals surface area (Å²) in [6.07, 6.45) is 5.98. The Labute approximate surface area is 143 Å². The first-order valence-electron chi connectivity index (χ1n) is 7.70. The van der Waals surface area contributed by atoms with Gasteiger partial charge in [-0.1, -0.05) is 0 Å². The Morgan fingerprint density at radius 1 is 1.46 bits per heavy atom. The molecule has 1 amide bonds. The van der Waals surface area contributed by atoms with Crippen LogP contribution in [0.5, 0.6) is 5.75 Å². The monoisotopic (exact) mass is 340 g/mol. The van der Waals surface area contributed by atoms with Gasteiger partial charge in [0.15, 0.2) is 5.13 Å². The number of hydrogen-bond donors (Lipinski definition) is 1. The van der Waals surface area contributed by atoms with Gasteiger partial charge in [0.05, 0.1) is 18.6 Å². The summed E-state index contributed by atoms with van der Waals surface area (Å²) in [6.45, 7) is 2.56. The number of carbonyl (C=O) groups excluding carboxylic acids is 1. The van der Waals surface area contributed by atoms with E-state index in [0.29, 0.717) is 5.13 Å². The molecule has 24 heavy (non-hydrogen) atoms. The lowest BCUT2D eigenvalue weighted by atomic mass is 10.1. The number of hydrogen-bond acceptors (Lipinski definition) is 5. The van der Waals surface area contributed by atoms with Crippen LogP contribution >= 0.6 is 11.3 Å². The molecule has 1 aliphatic heterocycles. The van der Waals surface area contributed by atoms with Crippen molar-refractivity contribution in [2.45, 2.75) is 19.4 Å². The van der Waals surface area contributed by atoms with Crippen molar-refractivity contribution in [2.24, 2.45) is 0 Å². The Bertz CT molecular complexity index is 873. The van der Waals surface area contributed by atoms with Crippen LogP contribution in [-0.4, -0.2) is 27.0 Å². The standard InChI is InChI=1S/C17H16N4O2S/c1-11(21-6-5-18-10-21)16(22)20-17-19-14(9-24-17)12-2-3-15-13(8-12)4-7-23-15/h2-3,5-6,8-11H,4,7H2,1H3,(H,19,20,22). The van der Waals surface area contributed by atoms with Gasteiger partial charge in [0, 0.05) is 29.8 Å². The SMILES string of the molecule is CC(C(=O)Nc1nc(-c2ccc3c(c2)CCO3)cs1)n1ccnc1. The number of nitrogens with one attached hydrogen (secondary N) is 1. The highest BCUT2D eigenvalue weighted by atomic mass is 32.1. The van der Waals surface area contributed by atoms with Crippen LogP contribution in [0, 0.1) is 0 Å². The number of rotatable bonds is 4. The highest BCUT2D eigenvalue weighted by Gasteiger charge is 2.17. The van der Waals surface area contributed by atoms with E-state index in [-0.39, 0.29) is 11.9 Å². The molecule has 1 aromatic carbocycles. The molecule has 0 aliphatic carbocycles. The quantitative estimate of drug-likeness (QED) is 0.792. The second kappa shape index (κ2) is 6.09. The molecule has 0 bridgehead atoms. The maximum atomic E-state index is 12.3. The highest BCUT2D eigenvalue weighted by molar-refractivity contribution is 7.14. The molecule has 1 N–H and O–H groups in total. The number of anilines is 1. The van der Waals surface area contributed by atoms with Crippen molar-refractivity contribution in [2.75, 3.05) is 11.9 Å². The van der Waals surface area contributed by atoms with E-state index < -0.39 is 0 Å². The third-order valence-electron chi connectivity index (χ3n) is 4.07. The predicted molar refractivity (Wildman–Crippen MR) is 92.3 cm³/mol. The lowest BCUT2D eigenvalue weighted by Crippen LogP contribution is -2.22. The van der Waals surface area contributed by atoms with Crippen molar-refractivity contribution in [1.82, 2.24) is 14.5 Å². The number of imidazole rings is 1. The van der Waals surface area contributed by atoms with Gasteiger partial charge in [0.1, 0.15) is 11.8 Å². The molecule has 7 heteroatoms. The smallest absolute Gasteiger partial charge is 0.248 e. The lowest BCUT2D eigenvalue weighted by Gasteiger charge is -2.11. The molecule has 6 nitrogen and oxygen atoms in total. The van der Waals surface area contributed by atoms with Gasteiger partial charge in [0.25, 0.3) is 0 Å². The first-order valence-corrected chi connectivity index (χ1v) is 8.58. The molecule has 2 aromatic heterocycles. The number of aromatic nitrogens is 3. The Kier molecular flexibility index (Phi) is 3.78. The molecular weight excluding hydrogens is 324 g/mol. The maximum absolute atomic E-state index is 12.3. The van der Waals surface area contributed by atoms with Crippen LogP contribution < -0.4 is 10.1 Å².